The van der Waals surface area contributed by atoms with Crippen LogP contribution in [0.2, 0.25) is 0 Å². The summed E-state index contributed by atoms with van der Waals surface area (Å²) in [5.41, 5.74) is 0. The summed E-state index contributed by atoms with van der Waals surface area (Å²) in [6.07, 6.45) is -2.27. The highest BCUT2D eigenvalue weighted by Gasteiger charge is 2.54. The van der Waals surface area contributed by atoms with Crippen molar-refractivity contribution >= 4 is 24.0 Å². The van der Waals surface area contributed by atoms with E-state index in [-0.39, 0.29) is 13.0 Å². The van der Waals surface area contributed by atoms with Crippen molar-refractivity contribution in [3.05, 3.63) is 0 Å². The van der Waals surface area contributed by atoms with E-state index in [1.807, 2.05) is 0 Å². The van der Waals surface area contributed by atoms with Crippen LogP contribution in [0.4, 0.5) is 0 Å². The second kappa shape index (κ2) is 14.4. The zero-order valence-corrected chi connectivity index (χ0v) is 21.1. The van der Waals surface area contributed by atoms with Gasteiger partial charge in [-0.05, 0) is 6.42 Å². The number of carboxylic acid groups (broad SMARTS) is 1. The molecule has 1 saturated heterocycles. The second-order valence-electron chi connectivity index (χ2n) is 9.02. The van der Waals surface area contributed by atoms with Gasteiger partial charge in [0.05, 0.1) is 37.2 Å². The molecule has 1 saturated carbocycles. The summed E-state index contributed by atoms with van der Waals surface area (Å²) in [6, 6.07) is -1.14. The Hall–Kier alpha value is -2.84. The molecule has 1 aliphatic heterocycles. The van der Waals surface area contributed by atoms with Crippen molar-refractivity contribution in [1.82, 2.24) is 10.6 Å². The predicted octanol–water partition coefficient (Wildman–Crippen LogP) is -3.30. The number of aliphatic hydroxyl groups excluding tert-OH is 4. The minimum Gasteiger partial charge on any atom is -0.477 e. The molecule has 15 nitrogen and oxygen atoms in total. The number of methoxy groups -OCH3 is 1. The highest BCUT2D eigenvalue weighted by Crippen LogP contribution is 2.34. The molecule has 0 aromatic rings. The van der Waals surface area contributed by atoms with Gasteiger partial charge in [0.1, 0.15) is 18.3 Å². The topological polar surface area (TPSA) is 226 Å². The number of amides is 2. The summed E-state index contributed by atoms with van der Waals surface area (Å²) in [7, 11) is 1.31. The third-order valence-corrected chi connectivity index (χ3v) is 6.27. The number of hydrogen-bond acceptors (Lipinski definition) is 12. The summed E-state index contributed by atoms with van der Waals surface area (Å²) < 4.78 is 16.4. The molecule has 0 aromatic carbocycles. The minimum atomic E-state index is -2.44. The average molecular weight is 546 g/mol. The maximum Gasteiger partial charge on any atom is 0.364 e. The average Bonchev–Trinajstić information content (AvgIpc) is 2.86. The number of nitrogens with zero attached hydrogens (tertiary/aromatic N) is 1. The lowest BCUT2D eigenvalue weighted by Gasteiger charge is -2.45. The number of carboxylic acids is 1. The number of nitrogens with one attached hydrogen (secondary N) is 2. The molecule has 2 amide bonds. The number of carbonyl (C=O) groups excluding carboxylic acids is 2. The van der Waals surface area contributed by atoms with Gasteiger partial charge in [0, 0.05) is 39.3 Å². The zero-order valence-electron chi connectivity index (χ0n) is 21.1. The molecule has 2 rings (SSSR count). The van der Waals surface area contributed by atoms with Crippen molar-refractivity contribution in [3.8, 4) is 12.3 Å². The maximum absolute atomic E-state index is 12.3. The molecule has 2 fully saturated rings. The molecule has 1 heterocycles. The van der Waals surface area contributed by atoms with Crippen LogP contribution < -0.4 is 10.6 Å². The number of oxime groups is 1. The molecule has 0 bridgehead atoms. The van der Waals surface area contributed by atoms with E-state index in [1.54, 1.807) is 0 Å². The van der Waals surface area contributed by atoms with E-state index in [1.165, 1.54) is 14.0 Å². The van der Waals surface area contributed by atoms with Crippen molar-refractivity contribution in [2.75, 3.05) is 26.9 Å². The van der Waals surface area contributed by atoms with Crippen molar-refractivity contribution in [2.24, 2.45) is 11.1 Å². The van der Waals surface area contributed by atoms with E-state index < -0.39 is 91.8 Å². The molecule has 0 radical (unpaired) electrons. The Kier molecular flexibility index (Phi) is 11.9. The Bertz CT molecular complexity index is 893. The standard InChI is InChI=1S/C23H35N3O12/c1-4-5-6-24-17(29)11-37-25-9-16-18(26-12(2)27)14(28)8-23(38-16,22(33)34)36-10-13-7-15(35-3)20(31)21(32)19(13)30/h1,9,13-16,18-21,28,30-32H,5-8,10-11H2,2-3H3,(H,24,29)(H,26,27)(H,33,34)/b25-9+. The quantitative estimate of drug-likeness (QED) is 0.0554. The lowest BCUT2D eigenvalue weighted by Crippen LogP contribution is -2.65. The Morgan fingerprint density at radius 1 is 1.21 bits per heavy atom. The Morgan fingerprint density at radius 3 is 2.53 bits per heavy atom. The summed E-state index contributed by atoms with van der Waals surface area (Å²) in [6.45, 7) is 0.479. The van der Waals surface area contributed by atoms with Gasteiger partial charge in [-0.25, -0.2) is 4.79 Å². The number of aliphatic carboxylic acids is 1. The van der Waals surface area contributed by atoms with Crippen molar-refractivity contribution in [2.45, 2.75) is 74.6 Å². The van der Waals surface area contributed by atoms with Crippen LogP contribution in [-0.2, 0) is 33.4 Å². The van der Waals surface area contributed by atoms with Crippen molar-refractivity contribution < 1.29 is 59.0 Å². The lowest BCUT2D eigenvalue weighted by molar-refractivity contribution is -0.292. The third kappa shape index (κ3) is 8.08. The largest absolute Gasteiger partial charge is 0.477 e. The molecule has 2 aliphatic rings. The van der Waals surface area contributed by atoms with Crippen LogP contribution in [0.15, 0.2) is 5.16 Å². The van der Waals surface area contributed by atoms with Gasteiger partial charge in [0.2, 0.25) is 5.91 Å². The van der Waals surface area contributed by atoms with Gasteiger partial charge < -0.3 is 55.2 Å². The van der Waals surface area contributed by atoms with Crippen LogP contribution >= 0.6 is 0 Å². The van der Waals surface area contributed by atoms with Gasteiger partial charge in [-0.3, -0.25) is 9.59 Å². The molecule has 9 atom stereocenters. The van der Waals surface area contributed by atoms with E-state index in [0.29, 0.717) is 6.42 Å². The molecule has 9 unspecified atom stereocenters. The molecule has 214 valence electrons. The molecular formula is C23H35N3O12. The molecular weight excluding hydrogens is 510 g/mol. The van der Waals surface area contributed by atoms with Gasteiger partial charge in [0.25, 0.3) is 11.7 Å². The first-order valence-electron chi connectivity index (χ1n) is 11.9. The zero-order chi connectivity index (χ0) is 28.5. The third-order valence-electron chi connectivity index (χ3n) is 6.27. The lowest BCUT2D eigenvalue weighted by atomic mass is 9.81. The number of aliphatic hydroxyl groups is 4. The van der Waals surface area contributed by atoms with Gasteiger partial charge in [-0.15, -0.1) is 12.3 Å². The Balaban J connectivity index is 2.15. The fourth-order valence-electron chi connectivity index (χ4n) is 4.24. The molecule has 1 aliphatic carbocycles. The fourth-order valence-corrected chi connectivity index (χ4v) is 4.24. The first-order valence-corrected chi connectivity index (χ1v) is 11.9. The van der Waals surface area contributed by atoms with Crippen LogP contribution in [0.3, 0.4) is 0 Å². The molecule has 15 heteroatoms. The van der Waals surface area contributed by atoms with Crippen LogP contribution in [0.25, 0.3) is 0 Å². The van der Waals surface area contributed by atoms with Crippen LogP contribution in [0.1, 0.15) is 26.2 Å². The number of carbonyl (C=O) groups is 3. The van der Waals surface area contributed by atoms with Gasteiger partial charge in [0.15, 0.2) is 6.61 Å². The fraction of sp³-hybridized carbons (Fsp3) is 0.739. The summed E-state index contributed by atoms with van der Waals surface area (Å²) in [5.74, 6) is -3.62. The normalized spacial score (nSPS) is 35.3. The predicted molar refractivity (Wildman–Crippen MR) is 127 cm³/mol. The number of ether oxygens (including phenoxy) is 3. The summed E-state index contributed by atoms with van der Waals surface area (Å²) in [4.78, 5) is 40.6. The van der Waals surface area contributed by atoms with E-state index in [0.717, 1.165) is 6.21 Å². The number of terminal acetylenes is 1. The second-order valence-corrected chi connectivity index (χ2v) is 9.02. The molecule has 0 aromatic heterocycles. The first kappa shape index (κ1) is 31.4. The minimum absolute atomic E-state index is 0.0325. The maximum atomic E-state index is 12.3. The van der Waals surface area contributed by atoms with Gasteiger partial charge >= 0.3 is 5.97 Å². The first-order chi connectivity index (χ1) is 18.0. The highest BCUT2D eigenvalue weighted by molar-refractivity contribution is 5.79. The highest BCUT2D eigenvalue weighted by atomic mass is 16.7. The number of rotatable bonds is 12. The Morgan fingerprint density at radius 2 is 1.92 bits per heavy atom. The smallest absolute Gasteiger partial charge is 0.364 e. The molecule has 0 spiro atoms. The monoisotopic (exact) mass is 545 g/mol. The van der Waals surface area contributed by atoms with Crippen molar-refractivity contribution in [3.63, 3.8) is 0 Å². The Labute approximate surface area is 219 Å². The summed E-state index contributed by atoms with van der Waals surface area (Å²) >= 11 is 0. The van der Waals surface area contributed by atoms with Crippen molar-refractivity contribution in [1.29, 1.82) is 0 Å². The summed E-state index contributed by atoms with van der Waals surface area (Å²) in [5, 5.41) is 59.7. The van der Waals surface area contributed by atoms with Crippen LogP contribution in [0, 0.1) is 18.3 Å². The van der Waals surface area contributed by atoms with Gasteiger partial charge in [-0.1, -0.05) is 5.16 Å². The molecule has 38 heavy (non-hydrogen) atoms. The SMILES string of the molecule is C#CCCNC(=O)CO/N=C/C1OC(OCC2CC(OC)C(O)C(O)C2O)(C(=O)O)CC(O)C1NC(C)=O. The number of hydrogen-bond donors (Lipinski definition) is 7. The van der Waals surface area contributed by atoms with E-state index in [2.05, 4.69) is 21.7 Å². The van der Waals surface area contributed by atoms with E-state index >= 15 is 0 Å². The van der Waals surface area contributed by atoms with Crippen LogP contribution in [-0.4, -0.2) is 125 Å². The van der Waals surface area contributed by atoms with E-state index in [4.69, 9.17) is 25.5 Å². The van der Waals surface area contributed by atoms with Gasteiger partial charge in [-0.2, -0.15) is 0 Å². The van der Waals surface area contributed by atoms with Crippen LogP contribution in [0.5, 0.6) is 0 Å². The van der Waals surface area contributed by atoms with E-state index in [9.17, 15) is 39.9 Å². The molecule has 7 N–H and O–H groups in total.